The standard InChI is InChI=1S/C19H35N3O3/c1-13(2)15-6-8-16(9-7-15)25-12-18-17(20)5-4-10-22(18)19(24)11-21-14(3)23/h13,15-18H,4-12,20H2,1-3H3,(H,21,23). The monoisotopic (exact) mass is 353 g/mol. The normalized spacial score (nSPS) is 30.4. The Bertz CT molecular complexity index is 447. The van der Waals surface area contributed by atoms with E-state index in [1.54, 1.807) is 0 Å². The summed E-state index contributed by atoms with van der Waals surface area (Å²) in [5.41, 5.74) is 6.28. The van der Waals surface area contributed by atoms with Crippen molar-refractivity contribution in [2.45, 2.75) is 77.5 Å². The van der Waals surface area contributed by atoms with Gasteiger partial charge in [0.05, 0.1) is 25.3 Å². The second-order valence-corrected chi connectivity index (χ2v) is 7.98. The van der Waals surface area contributed by atoms with E-state index in [-0.39, 0.29) is 36.5 Å². The third kappa shape index (κ3) is 5.96. The average Bonchev–Trinajstić information content (AvgIpc) is 2.58. The van der Waals surface area contributed by atoms with Crippen molar-refractivity contribution in [1.29, 1.82) is 0 Å². The molecule has 0 radical (unpaired) electrons. The highest BCUT2D eigenvalue weighted by Gasteiger charge is 2.33. The van der Waals surface area contributed by atoms with Gasteiger partial charge in [-0.3, -0.25) is 9.59 Å². The molecule has 2 rings (SSSR count). The van der Waals surface area contributed by atoms with Gasteiger partial charge in [-0.15, -0.1) is 0 Å². The summed E-state index contributed by atoms with van der Waals surface area (Å²) in [6, 6.07) is -0.139. The number of likely N-dealkylation sites (tertiary alicyclic amines) is 1. The molecule has 1 heterocycles. The van der Waals surface area contributed by atoms with Crippen LogP contribution in [0.4, 0.5) is 0 Å². The smallest absolute Gasteiger partial charge is 0.242 e. The number of nitrogens with zero attached hydrogens (tertiary/aromatic N) is 1. The van der Waals surface area contributed by atoms with Crippen LogP contribution >= 0.6 is 0 Å². The zero-order valence-corrected chi connectivity index (χ0v) is 16.0. The van der Waals surface area contributed by atoms with Crippen molar-refractivity contribution in [3.8, 4) is 0 Å². The van der Waals surface area contributed by atoms with Crippen LogP contribution in [0.25, 0.3) is 0 Å². The summed E-state index contributed by atoms with van der Waals surface area (Å²) in [7, 11) is 0. The molecule has 0 aromatic heterocycles. The number of hydrogen-bond donors (Lipinski definition) is 2. The second-order valence-electron chi connectivity index (χ2n) is 7.98. The lowest BCUT2D eigenvalue weighted by atomic mass is 9.80. The molecule has 2 unspecified atom stereocenters. The molecule has 6 nitrogen and oxygen atoms in total. The van der Waals surface area contributed by atoms with E-state index in [9.17, 15) is 9.59 Å². The third-order valence-corrected chi connectivity index (χ3v) is 5.80. The first-order valence-electron chi connectivity index (χ1n) is 9.79. The molecule has 1 saturated heterocycles. The van der Waals surface area contributed by atoms with Crippen LogP contribution in [0.5, 0.6) is 0 Å². The zero-order chi connectivity index (χ0) is 18.4. The van der Waals surface area contributed by atoms with E-state index < -0.39 is 0 Å². The first-order chi connectivity index (χ1) is 11.9. The minimum Gasteiger partial charge on any atom is -0.376 e. The van der Waals surface area contributed by atoms with Crippen LogP contribution in [0.1, 0.15) is 59.3 Å². The average molecular weight is 354 g/mol. The summed E-state index contributed by atoms with van der Waals surface area (Å²) in [5.74, 6) is 1.30. The molecule has 6 heteroatoms. The third-order valence-electron chi connectivity index (χ3n) is 5.80. The maximum atomic E-state index is 12.4. The Morgan fingerprint density at radius 2 is 1.88 bits per heavy atom. The molecule has 2 fully saturated rings. The fourth-order valence-electron chi connectivity index (χ4n) is 4.07. The largest absolute Gasteiger partial charge is 0.376 e. The molecule has 3 N–H and O–H groups in total. The molecule has 0 spiro atoms. The van der Waals surface area contributed by atoms with E-state index in [0.29, 0.717) is 13.2 Å². The summed E-state index contributed by atoms with van der Waals surface area (Å²) in [6.07, 6.45) is 6.77. The summed E-state index contributed by atoms with van der Waals surface area (Å²) in [6.45, 7) is 7.25. The number of carbonyl (C=O) groups excluding carboxylic acids is 2. The molecule has 0 bridgehead atoms. The van der Waals surface area contributed by atoms with Crippen molar-refractivity contribution in [2.24, 2.45) is 17.6 Å². The minimum atomic E-state index is -0.190. The van der Waals surface area contributed by atoms with E-state index >= 15 is 0 Å². The molecule has 1 aliphatic heterocycles. The van der Waals surface area contributed by atoms with Crippen LogP contribution in [0.15, 0.2) is 0 Å². The van der Waals surface area contributed by atoms with E-state index in [2.05, 4.69) is 19.2 Å². The lowest BCUT2D eigenvalue weighted by Crippen LogP contribution is -2.58. The van der Waals surface area contributed by atoms with Gasteiger partial charge in [0.2, 0.25) is 11.8 Å². The highest BCUT2D eigenvalue weighted by Crippen LogP contribution is 2.31. The lowest BCUT2D eigenvalue weighted by Gasteiger charge is -2.41. The van der Waals surface area contributed by atoms with Crippen LogP contribution in [-0.2, 0) is 14.3 Å². The number of amides is 2. The van der Waals surface area contributed by atoms with Crippen LogP contribution in [0.2, 0.25) is 0 Å². The van der Waals surface area contributed by atoms with Gasteiger partial charge in [-0.05, 0) is 50.4 Å². The van der Waals surface area contributed by atoms with Gasteiger partial charge in [0.1, 0.15) is 0 Å². The van der Waals surface area contributed by atoms with E-state index in [1.165, 1.54) is 19.8 Å². The number of rotatable bonds is 6. The van der Waals surface area contributed by atoms with E-state index in [0.717, 1.165) is 37.5 Å². The molecular weight excluding hydrogens is 318 g/mol. The predicted molar refractivity (Wildman–Crippen MR) is 97.9 cm³/mol. The fourth-order valence-corrected chi connectivity index (χ4v) is 4.07. The quantitative estimate of drug-likeness (QED) is 0.761. The van der Waals surface area contributed by atoms with Crippen molar-refractivity contribution in [1.82, 2.24) is 10.2 Å². The van der Waals surface area contributed by atoms with Gasteiger partial charge >= 0.3 is 0 Å². The molecule has 144 valence electrons. The summed E-state index contributed by atoms with van der Waals surface area (Å²) >= 11 is 0. The summed E-state index contributed by atoms with van der Waals surface area (Å²) in [5, 5.41) is 2.59. The molecule has 2 amide bonds. The number of nitrogens with two attached hydrogens (primary N) is 1. The molecule has 1 aliphatic carbocycles. The fraction of sp³-hybridized carbons (Fsp3) is 0.895. The minimum absolute atomic E-state index is 0.0397. The van der Waals surface area contributed by atoms with Crippen molar-refractivity contribution in [3.05, 3.63) is 0 Å². The topological polar surface area (TPSA) is 84.7 Å². The van der Waals surface area contributed by atoms with Crippen LogP contribution < -0.4 is 11.1 Å². The molecule has 0 aromatic carbocycles. The van der Waals surface area contributed by atoms with E-state index in [4.69, 9.17) is 10.5 Å². The molecular formula is C19H35N3O3. The highest BCUT2D eigenvalue weighted by molar-refractivity contribution is 5.84. The van der Waals surface area contributed by atoms with Gasteiger partial charge in [0, 0.05) is 19.5 Å². The molecule has 0 aromatic rings. The zero-order valence-electron chi connectivity index (χ0n) is 16.0. The van der Waals surface area contributed by atoms with Crippen molar-refractivity contribution in [2.75, 3.05) is 19.7 Å². The van der Waals surface area contributed by atoms with Crippen molar-refractivity contribution < 1.29 is 14.3 Å². The van der Waals surface area contributed by atoms with Crippen LogP contribution in [0, 0.1) is 11.8 Å². The van der Waals surface area contributed by atoms with Gasteiger partial charge in [0.25, 0.3) is 0 Å². The Labute approximate surface area is 151 Å². The molecule has 1 saturated carbocycles. The molecule has 25 heavy (non-hydrogen) atoms. The van der Waals surface area contributed by atoms with Gasteiger partial charge < -0.3 is 20.7 Å². The summed E-state index contributed by atoms with van der Waals surface area (Å²) < 4.78 is 6.17. The summed E-state index contributed by atoms with van der Waals surface area (Å²) in [4.78, 5) is 25.3. The maximum absolute atomic E-state index is 12.4. The van der Waals surface area contributed by atoms with E-state index in [1.807, 2.05) is 4.90 Å². The Kier molecular flexibility index (Phi) is 7.69. The van der Waals surface area contributed by atoms with Crippen LogP contribution in [0.3, 0.4) is 0 Å². The molecule has 2 aliphatic rings. The number of hydrogen-bond acceptors (Lipinski definition) is 4. The van der Waals surface area contributed by atoms with Gasteiger partial charge in [0.15, 0.2) is 0 Å². The highest BCUT2D eigenvalue weighted by atomic mass is 16.5. The second kappa shape index (κ2) is 9.53. The van der Waals surface area contributed by atoms with Gasteiger partial charge in [-0.1, -0.05) is 13.8 Å². The predicted octanol–water partition coefficient (Wildman–Crippen LogP) is 1.67. The maximum Gasteiger partial charge on any atom is 0.242 e. The molecule has 2 atom stereocenters. The Morgan fingerprint density at radius 3 is 2.48 bits per heavy atom. The number of nitrogens with one attached hydrogen (secondary N) is 1. The Hall–Kier alpha value is -1.14. The number of piperidine rings is 1. The Balaban J connectivity index is 1.84. The van der Waals surface area contributed by atoms with Crippen molar-refractivity contribution >= 4 is 11.8 Å². The van der Waals surface area contributed by atoms with Crippen LogP contribution in [-0.4, -0.2) is 54.6 Å². The first kappa shape index (κ1) is 20.2. The lowest BCUT2D eigenvalue weighted by molar-refractivity contribution is -0.138. The van der Waals surface area contributed by atoms with Gasteiger partial charge in [-0.2, -0.15) is 0 Å². The van der Waals surface area contributed by atoms with Crippen molar-refractivity contribution in [3.63, 3.8) is 0 Å². The first-order valence-corrected chi connectivity index (χ1v) is 9.79. The Morgan fingerprint density at radius 1 is 1.20 bits per heavy atom. The SMILES string of the molecule is CC(=O)NCC(=O)N1CCCC(N)C1COC1CCC(C(C)C)CC1. The number of ether oxygens (including phenoxy) is 1. The van der Waals surface area contributed by atoms with Gasteiger partial charge in [-0.25, -0.2) is 0 Å². The number of carbonyl (C=O) groups is 2.